The fraction of sp³-hybridized carbons (Fsp3) is 0.174. The molecule has 3 nitrogen and oxygen atoms in total. The van der Waals surface area contributed by atoms with E-state index in [0.29, 0.717) is 11.3 Å². The number of hydrogen-bond acceptors (Lipinski definition) is 4. The number of benzene rings is 2. The molecule has 0 unspecified atom stereocenters. The molecule has 3 heterocycles. The number of halogens is 1. The fourth-order valence-corrected chi connectivity index (χ4v) is 4.83. The van der Waals surface area contributed by atoms with E-state index in [-0.39, 0.29) is 5.82 Å². The highest BCUT2D eigenvalue weighted by Crippen LogP contribution is 2.40. The predicted octanol–water partition coefficient (Wildman–Crippen LogP) is 5.18. The van der Waals surface area contributed by atoms with Gasteiger partial charge >= 0.3 is 0 Å². The number of piperazine rings is 1. The Balaban J connectivity index is 1.72. The molecule has 1 aliphatic heterocycles. The molecule has 0 aliphatic carbocycles. The molecular weight excluding hydrogens is 369 g/mol. The Kier molecular flexibility index (Phi) is 4.55. The van der Waals surface area contributed by atoms with E-state index in [2.05, 4.69) is 22.3 Å². The van der Waals surface area contributed by atoms with Crippen molar-refractivity contribution >= 4 is 26.4 Å². The molecule has 2 aromatic heterocycles. The van der Waals surface area contributed by atoms with Crippen molar-refractivity contribution in [1.82, 2.24) is 10.3 Å². The second kappa shape index (κ2) is 7.34. The van der Waals surface area contributed by atoms with Crippen LogP contribution in [0.25, 0.3) is 32.6 Å². The largest absolute Gasteiger partial charge is 0.361 e. The Morgan fingerprint density at radius 1 is 0.929 bits per heavy atom. The van der Waals surface area contributed by atoms with Crippen LogP contribution in [0.2, 0.25) is 0 Å². The van der Waals surface area contributed by atoms with Crippen molar-refractivity contribution in [2.24, 2.45) is 0 Å². The monoisotopic (exact) mass is 389 g/mol. The third-order valence-electron chi connectivity index (χ3n) is 5.13. The first kappa shape index (κ1) is 17.3. The van der Waals surface area contributed by atoms with Crippen molar-refractivity contribution in [2.75, 3.05) is 31.1 Å². The molecule has 140 valence electrons. The van der Waals surface area contributed by atoms with Crippen LogP contribution in [0.15, 0.2) is 66.7 Å². The van der Waals surface area contributed by atoms with Crippen LogP contribution in [0.4, 0.5) is 9.39 Å². The van der Waals surface area contributed by atoms with Gasteiger partial charge in [0.1, 0.15) is 5.82 Å². The van der Waals surface area contributed by atoms with Crippen LogP contribution >= 0.6 is 11.3 Å². The van der Waals surface area contributed by atoms with E-state index in [1.54, 1.807) is 17.4 Å². The van der Waals surface area contributed by atoms with Crippen molar-refractivity contribution < 1.29 is 4.39 Å². The lowest BCUT2D eigenvalue weighted by atomic mass is 10.0. The summed E-state index contributed by atoms with van der Waals surface area (Å²) in [6.07, 6.45) is 0. The molecule has 0 spiro atoms. The smallest absolute Gasteiger partial charge is 0.132 e. The zero-order valence-electron chi connectivity index (χ0n) is 15.4. The number of nitrogens with zero attached hydrogens (tertiary/aromatic N) is 2. The summed E-state index contributed by atoms with van der Waals surface area (Å²) in [7, 11) is 0. The van der Waals surface area contributed by atoms with Gasteiger partial charge in [-0.3, -0.25) is 0 Å². The Morgan fingerprint density at radius 2 is 1.68 bits per heavy atom. The van der Waals surface area contributed by atoms with Crippen LogP contribution in [-0.4, -0.2) is 31.2 Å². The molecule has 0 radical (unpaired) electrons. The first-order chi connectivity index (χ1) is 13.8. The van der Waals surface area contributed by atoms with Crippen molar-refractivity contribution in [3.8, 4) is 22.5 Å². The van der Waals surface area contributed by atoms with E-state index < -0.39 is 0 Å². The quantitative estimate of drug-likeness (QED) is 0.523. The third kappa shape index (κ3) is 3.17. The van der Waals surface area contributed by atoms with Gasteiger partial charge in [-0.2, -0.15) is 0 Å². The van der Waals surface area contributed by atoms with E-state index in [1.807, 2.05) is 42.5 Å². The van der Waals surface area contributed by atoms with Crippen molar-refractivity contribution in [3.63, 3.8) is 0 Å². The number of rotatable bonds is 3. The van der Waals surface area contributed by atoms with E-state index in [9.17, 15) is 4.39 Å². The zero-order chi connectivity index (χ0) is 18.9. The molecule has 0 saturated carbocycles. The summed E-state index contributed by atoms with van der Waals surface area (Å²) in [4.78, 5) is 7.29. The average Bonchev–Trinajstić information content (AvgIpc) is 3.19. The normalized spacial score (nSPS) is 14.5. The number of hydrogen-bond donors (Lipinski definition) is 1. The van der Waals surface area contributed by atoms with Crippen LogP contribution in [0.1, 0.15) is 0 Å². The van der Waals surface area contributed by atoms with Crippen molar-refractivity contribution in [3.05, 3.63) is 72.5 Å². The van der Waals surface area contributed by atoms with Gasteiger partial charge in [0, 0.05) is 47.4 Å². The van der Waals surface area contributed by atoms with Crippen molar-refractivity contribution in [2.45, 2.75) is 0 Å². The van der Waals surface area contributed by atoms with Crippen LogP contribution in [-0.2, 0) is 0 Å². The summed E-state index contributed by atoms with van der Waals surface area (Å²) in [5.41, 5.74) is 3.18. The van der Waals surface area contributed by atoms with Gasteiger partial charge in [0.15, 0.2) is 0 Å². The summed E-state index contributed by atoms with van der Waals surface area (Å²) in [6, 6.07) is 21.3. The molecule has 1 N–H and O–H groups in total. The molecule has 1 saturated heterocycles. The summed E-state index contributed by atoms with van der Waals surface area (Å²) < 4.78 is 15.8. The van der Waals surface area contributed by atoms with E-state index >= 15 is 0 Å². The molecule has 0 atom stereocenters. The highest BCUT2D eigenvalue weighted by Gasteiger charge is 2.18. The van der Waals surface area contributed by atoms with Crippen LogP contribution in [0, 0.1) is 5.82 Å². The van der Waals surface area contributed by atoms with Gasteiger partial charge in [-0.25, -0.2) is 9.37 Å². The topological polar surface area (TPSA) is 28.2 Å². The molecule has 1 fully saturated rings. The van der Waals surface area contributed by atoms with Gasteiger partial charge < -0.3 is 10.2 Å². The third-order valence-corrected chi connectivity index (χ3v) is 6.27. The molecular formula is C23H20FN3S. The van der Waals surface area contributed by atoms with Gasteiger partial charge in [0.2, 0.25) is 0 Å². The fourth-order valence-electron chi connectivity index (χ4n) is 3.68. The van der Waals surface area contributed by atoms with Crippen LogP contribution < -0.4 is 10.2 Å². The first-order valence-corrected chi connectivity index (χ1v) is 10.3. The Bertz CT molecular complexity index is 1120. The average molecular weight is 389 g/mol. The number of nitrogens with one attached hydrogen (secondary N) is 1. The van der Waals surface area contributed by atoms with Gasteiger partial charge in [0.25, 0.3) is 0 Å². The molecule has 28 heavy (non-hydrogen) atoms. The minimum atomic E-state index is -0.239. The Morgan fingerprint density at radius 3 is 2.46 bits per heavy atom. The SMILES string of the molecule is Fc1ccccc1-c1nc(-c2ccccc2)cc2sc(N3CCNCC3)cc12. The predicted molar refractivity (Wildman–Crippen MR) is 116 cm³/mol. The summed E-state index contributed by atoms with van der Waals surface area (Å²) in [5.74, 6) is -0.239. The van der Waals surface area contributed by atoms with Crippen LogP contribution in [0.3, 0.4) is 0 Å². The van der Waals surface area contributed by atoms with Gasteiger partial charge in [-0.05, 0) is 24.3 Å². The standard InChI is InChI=1S/C23H20FN3S/c24-19-9-5-4-8-17(19)23-18-14-22(27-12-10-25-11-13-27)28-21(18)15-20(26-23)16-6-2-1-3-7-16/h1-9,14-15,25H,10-13H2. The number of anilines is 1. The molecule has 4 aromatic rings. The molecule has 2 aromatic carbocycles. The number of aromatic nitrogens is 1. The first-order valence-electron chi connectivity index (χ1n) is 9.50. The lowest BCUT2D eigenvalue weighted by Crippen LogP contribution is -2.43. The second-order valence-electron chi connectivity index (χ2n) is 6.94. The maximum Gasteiger partial charge on any atom is 0.132 e. The highest BCUT2D eigenvalue weighted by molar-refractivity contribution is 7.22. The number of fused-ring (bicyclic) bond motifs is 1. The highest BCUT2D eigenvalue weighted by atomic mass is 32.1. The second-order valence-corrected chi connectivity index (χ2v) is 8.00. The number of thiophene rings is 1. The maximum atomic E-state index is 14.6. The van der Waals surface area contributed by atoms with Gasteiger partial charge in [-0.1, -0.05) is 42.5 Å². The molecule has 0 amide bonds. The molecule has 5 rings (SSSR count). The molecule has 1 aliphatic rings. The van der Waals surface area contributed by atoms with E-state index in [4.69, 9.17) is 4.98 Å². The molecule has 5 heteroatoms. The maximum absolute atomic E-state index is 14.6. The van der Waals surface area contributed by atoms with E-state index in [1.165, 1.54) is 11.1 Å². The molecule has 0 bridgehead atoms. The lowest BCUT2D eigenvalue weighted by Gasteiger charge is -2.27. The Labute approximate surface area is 167 Å². The minimum absolute atomic E-state index is 0.239. The zero-order valence-corrected chi connectivity index (χ0v) is 16.2. The van der Waals surface area contributed by atoms with E-state index in [0.717, 1.165) is 47.5 Å². The Hall–Kier alpha value is -2.76. The van der Waals surface area contributed by atoms with Crippen molar-refractivity contribution in [1.29, 1.82) is 0 Å². The lowest BCUT2D eigenvalue weighted by molar-refractivity contribution is 0.592. The number of pyridine rings is 1. The van der Waals surface area contributed by atoms with Crippen LogP contribution in [0.5, 0.6) is 0 Å². The summed E-state index contributed by atoms with van der Waals surface area (Å²) >= 11 is 1.76. The van der Waals surface area contributed by atoms with Gasteiger partial charge in [0.05, 0.1) is 16.4 Å². The summed E-state index contributed by atoms with van der Waals surface area (Å²) in [5, 5.41) is 5.63. The summed E-state index contributed by atoms with van der Waals surface area (Å²) in [6.45, 7) is 3.95. The minimum Gasteiger partial charge on any atom is -0.361 e. The van der Waals surface area contributed by atoms with Gasteiger partial charge in [-0.15, -0.1) is 11.3 Å².